The molecule has 126 valence electrons. The molecule has 0 aliphatic heterocycles. The highest BCUT2D eigenvalue weighted by Gasteiger charge is 2.11. The molecule has 1 amide bonds. The number of amides is 1. The predicted molar refractivity (Wildman–Crippen MR) is 95.3 cm³/mol. The molecule has 4 nitrogen and oxygen atoms in total. The highest BCUT2D eigenvalue weighted by molar-refractivity contribution is 6.00. The molecule has 2 rings (SSSR count). The standard InChI is InChI=1S/C20H23NO3/c1-14(2)13-15-7-9-16(10-8-15)18(22)11-12-20(24)21-17-5-3-4-6-19(17)23/h3-10,14,23H,11-13H2,1-2H3,(H,21,24). The van der Waals surface area contributed by atoms with E-state index in [2.05, 4.69) is 19.2 Å². The SMILES string of the molecule is CC(C)Cc1ccc(C(=O)CCC(=O)Nc2ccccc2O)cc1. The van der Waals surface area contributed by atoms with Gasteiger partial charge in [0.2, 0.25) is 5.91 Å². The average molecular weight is 325 g/mol. The summed E-state index contributed by atoms with van der Waals surface area (Å²) < 4.78 is 0. The van der Waals surface area contributed by atoms with Crippen molar-refractivity contribution in [2.45, 2.75) is 33.1 Å². The minimum absolute atomic E-state index is 0.0120. The summed E-state index contributed by atoms with van der Waals surface area (Å²) in [5.74, 6) is 0.238. The zero-order valence-electron chi connectivity index (χ0n) is 14.1. The van der Waals surface area contributed by atoms with Gasteiger partial charge in [-0.05, 0) is 30.0 Å². The topological polar surface area (TPSA) is 66.4 Å². The van der Waals surface area contributed by atoms with Crippen LogP contribution in [0.1, 0.15) is 42.6 Å². The Morgan fingerprint density at radius 2 is 1.67 bits per heavy atom. The van der Waals surface area contributed by atoms with E-state index in [0.717, 1.165) is 6.42 Å². The van der Waals surface area contributed by atoms with Crippen molar-refractivity contribution in [3.05, 3.63) is 59.7 Å². The van der Waals surface area contributed by atoms with Gasteiger partial charge in [-0.2, -0.15) is 0 Å². The summed E-state index contributed by atoms with van der Waals surface area (Å²) in [6, 6.07) is 14.1. The summed E-state index contributed by atoms with van der Waals surface area (Å²) >= 11 is 0. The number of benzene rings is 2. The highest BCUT2D eigenvalue weighted by Crippen LogP contribution is 2.21. The van der Waals surface area contributed by atoms with E-state index in [-0.39, 0.29) is 30.3 Å². The van der Waals surface area contributed by atoms with Crippen molar-refractivity contribution in [3.8, 4) is 5.75 Å². The van der Waals surface area contributed by atoms with Crippen LogP contribution in [-0.2, 0) is 11.2 Å². The van der Waals surface area contributed by atoms with Gasteiger partial charge in [0, 0.05) is 18.4 Å². The van der Waals surface area contributed by atoms with Crippen LogP contribution in [0, 0.1) is 5.92 Å². The third-order valence-corrected chi connectivity index (χ3v) is 3.68. The van der Waals surface area contributed by atoms with Crippen molar-refractivity contribution in [2.75, 3.05) is 5.32 Å². The predicted octanol–water partition coefficient (Wildman–Crippen LogP) is 4.19. The number of hydrogen-bond donors (Lipinski definition) is 2. The maximum atomic E-state index is 12.2. The van der Waals surface area contributed by atoms with Gasteiger partial charge in [-0.3, -0.25) is 9.59 Å². The summed E-state index contributed by atoms with van der Waals surface area (Å²) in [5.41, 5.74) is 2.18. The van der Waals surface area contributed by atoms with Crippen LogP contribution < -0.4 is 5.32 Å². The van der Waals surface area contributed by atoms with Gasteiger partial charge in [-0.1, -0.05) is 50.2 Å². The Morgan fingerprint density at radius 1 is 1.00 bits per heavy atom. The molecule has 2 aromatic rings. The van der Waals surface area contributed by atoms with Crippen molar-refractivity contribution in [1.82, 2.24) is 0 Å². The lowest BCUT2D eigenvalue weighted by atomic mass is 9.99. The lowest BCUT2D eigenvalue weighted by molar-refractivity contribution is -0.116. The zero-order valence-corrected chi connectivity index (χ0v) is 14.1. The number of rotatable bonds is 7. The van der Waals surface area contributed by atoms with Crippen molar-refractivity contribution in [3.63, 3.8) is 0 Å². The number of carbonyl (C=O) groups is 2. The van der Waals surface area contributed by atoms with Gasteiger partial charge >= 0.3 is 0 Å². The molecule has 0 atom stereocenters. The molecule has 0 saturated carbocycles. The fraction of sp³-hybridized carbons (Fsp3) is 0.300. The van der Waals surface area contributed by atoms with E-state index in [1.165, 1.54) is 11.6 Å². The maximum Gasteiger partial charge on any atom is 0.224 e. The minimum atomic E-state index is -0.290. The summed E-state index contributed by atoms with van der Waals surface area (Å²) in [4.78, 5) is 24.1. The molecule has 0 radical (unpaired) electrons. The smallest absolute Gasteiger partial charge is 0.224 e. The quantitative estimate of drug-likeness (QED) is 0.592. The molecule has 0 saturated heterocycles. The average Bonchev–Trinajstić information content (AvgIpc) is 2.55. The van der Waals surface area contributed by atoms with Crippen LogP contribution in [0.2, 0.25) is 0 Å². The van der Waals surface area contributed by atoms with Crippen LogP contribution in [0.5, 0.6) is 5.75 Å². The third kappa shape index (κ3) is 5.23. The monoisotopic (exact) mass is 325 g/mol. The van der Waals surface area contributed by atoms with E-state index >= 15 is 0 Å². The molecule has 0 aromatic heterocycles. The second kappa shape index (κ2) is 8.29. The summed E-state index contributed by atoms with van der Waals surface area (Å²) in [5, 5.41) is 12.2. The third-order valence-electron chi connectivity index (χ3n) is 3.68. The molecular weight excluding hydrogens is 302 g/mol. The number of Topliss-reactive ketones (excluding diaryl/α,β-unsaturated/α-hetero) is 1. The van der Waals surface area contributed by atoms with Crippen molar-refractivity contribution >= 4 is 17.4 Å². The summed E-state index contributed by atoms with van der Waals surface area (Å²) in [7, 11) is 0. The molecule has 24 heavy (non-hydrogen) atoms. The van der Waals surface area contributed by atoms with Gasteiger partial charge in [-0.25, -0.2) is 0 Å². The molecule has 0 aliphatic carbocycles. The maximum absolute atomic E-state index is 12.2. The van der Waals surface area contributed by atoms with Gasteiger partial charge in [0.1, 0.15) is 5.75 Å². The first-order chi connectivity index (χ1) is 11.5. The van der Waals surface area contributed by atoms with Crippen LogP contribution in [0.4, 0.5) is 5.69 Å². The lowest BCUT2D eigenvalue weighted by Crippen LogP contribution is -2.13. The second-order valence-corrected chi connectivity index (χ2v) is 6.28. The Bertz CT molecular complexity index is 705. The van der Waals surface area contributed by atoms with Gasteiger partial charge in [0.25, 0.3) is 0 Å². The summed E-state index contributed by atoms with van der Waals surface area (Å²) in [6.45, 7) is 4.31. The zero-order chi connectivity index (χ0) is 17.5. The number of hydrogen-bond acceptors (Lipinski definition) is 3. The Kier molecular flexibility index (Phi) is 6.13. The number of aromatic hydroxyl groups is 1. The number of para-hydroxylation sites is 2. The van der Waals surface area contributed by atoms with E-state index in [1.807, 2.05) is 24.3 Å². The van der Waals surface area contributed by atoms with Crippen molar-refractivity contribution < 1.29 is 14.7 Å². The molecule has 2 N–H and O–H groups in total. The summed E-state index contributed by atoms with van der Waals surface area (Å²) in [6.07, 6.45) is 1.21. The number of carbonyl (C=O) groups excluding carboxylic acids is 2. The number of phenolic OH excluding ortho intramolecular Hbond substituents is 1. The van der Waals surface area contributed by atoms with Gasteiger partial charge in [-0.15, -0.1) is 0 Å². The molecule has 0 bridgehead atoms. The number of phenols is 1. The van der Waals surface area contributed by atoms with Crippen LogP contribution in [0.3, 0.4) is 0 Å². The molecule has 0 spiro atoms. The Labute approximate surface area is 142 Å². The fourth-order valence-electron chi connectivity index (χ4n) is 2.46. The van der Waals surface area contributed by atoms with Crippen LogP contribution >= 0.6 is 0 Å². The van der Waals surface area contributed by atoms with Crippen LogP contribution in [0.15, 0.2) is 48.5 Å². The molecule has 0 heterocycles. The first-order valence-corrected chi connectivity index (χ1v) is 8.15. The first-order valence-electron chi connectivity index (χ1n) is 8.15. The molecular formula is C20H23NO3. The molecule has 0 aliphatic rings. The van der Waals surface area contributed by atoms with Crippen LogP contribution in [0.25, 0.3) is 0 Å². The lowest BCUT2D eigenvalue weighted by Gasteiger charge is -2.08. The number of anilines is 1. The Hall–Kier alpha value is -2.62. The Morgan fingerprint density at radius 3 is 2.29 bits per heavy atom. The van der Waals surface area contributed by atoms with E-state index < -0.39 is 0 Å². The number of nitrogens with one attached hydrogen (secondary N) is 1. The van der Waals surface area contributed by atoms with Gasteiger partial charge in [0.15, 0.2) is 5.78 Å². The van der Waals surface area contributed by atoms with E-state index in [4.69, 9.17) is 0 Å². The van der Waals surface area contributed by atoms with E-state index in [0.29, 0.717) is 17.2 Å². The second-order valence-electron chi connectivity index (χ2n) is 6.28. The number of ketones is 1. The fourth-order valence-corrected chi connectivity index (χ4v) is 2.46. The van der Waals surface area contributed by atoms with Gasteiger partial charge < -0.3 is 10.4 Å². The minimum Gasteiger partial charge on any atom is -0.506 e. The molecule has 0 unspecified atom stereocenters. The van der Waals surface area contributed by atoms with Crippen LogP contribution in [-0.4, -0.2) is 16.8 Å². The largest absolute Gasteiger partial charge is 0.506 e. The first kappa shape index (κ1) is 17.7. The van der Waals surface area contributed by atoms with E-state index in [9.17, 15) is 14.7 Å². The van der Waals surface area contributed by atoms with Crippen molar-refractivity contribution in [2.24, 2.45) is 5.92 Å². The normalized spacial score (nSPS) is 10.6. The van der Waals surface area contributed by atoms with E-state index in [1.54, 1.807) is 18.2 Å². The highest BCUT2D eigenvalue weighted by atomic mass is 16.3. The molecule has 0 fully saturated rings. The molecule has 4 heteroatoms. The van der Waals surface area contributed by atoms with Gasteiger partial charge in [0.05, 0.1) is 5.69 Å². The Balaban J connectivity index is 1.86. The van der Waals surface area contributed by atoms with Crippen molar-refractivity contribution in [1.29, 1.82) is 0 Å². The molecule has 2 aromatic carbocycles.